The van der Waals surface area contributed by atoms with Gasteiger partial charge in [0.2, 0.25) is 0 Å². The number of rotatable bonds is 3. The summed E-state index contributed by atoms with van der Waals surface area (Å²) in [5.74, 6) is 0.763. The van der Waals surface area contributed by atoms with Crippen molar-refractivity contribution >= 4 is 16.9 Å². The molecule has 1 aromatic heterocycles. The molecule has 106 valence electrons. The SMILES string of the molecule is Cc1ccc(C(=O)NCc2nc3ccccc3n2C)cc1. The van der Waals surface area contributed by atoms with Gasteiger partial charge in [0.05, 0.1) is 17.6 Å². The van der Waals surface area contributed by atoms with E-state index < -0.39 is 0 Å². The van der Waals surface area contributed by atoms with E-state index in [4.69, 9.17) is 0 Å². The van der Waals surface area contributed by atoms with Crippen LogP contribution in [0.5, 0.6) is 0 Å². The molecule has 0 fully saturated rings. The number of imidazole rings is 1. The van der Waals surface area contributed by atoms with E-state index in [1.54, 1.807) is 0 Å². The summed E-state index contributed by atoms with van der Waals surface area (Å²) in [6.45, 7) is 2.42. The third kappa shape index (κ3) is 2.65. The van der Waals surface area contributed by atoms with Crippen molar-refractivity contribution in [2.75, 3.05) is 0 Å². The lowest BCUT2D eigenvalue weighted by Crippen LogP contribution is -2.24. The minimum atomic E-state index is -0.0814. The smallest absolute Gasteiger partial charge is 0.251 e. The number of carbonyl (C=O) groups is 1. The number of carbonyl (C=O) groups excluding carboxylic acids is 1. The average Bonchev–Trinajstić information content (AvgIpc) is 2.82. The highest BCUT2D eigenvalue weighted by Gasteiger charge is 2.09. The predicted octanol–water partition coefficient (Wildman–Crippen LogP) is 2.81. The summed E-state index contributed by atoms with van der Waals surface area (Å²) in [5.41, 5.74) is 3.82. The Morgan fingerprint density at radius 2 is 1.86 bits per heavy atom. The first kappa shape index (κ1) is 13.4. The number of hydrogen-bond donors (Lipinski definition) is 1. The highest BCUT2D eigenvalue weighted by atomic mass is 16.1. The van der Waals surface area contributed by atoms with Gasteiger partial charge in [0.1, 0.15) is 5.82 Å². The fraction of sp³-hybridized carbons (Fsp3) is 0.176. The maximum Gasteiger partial charge on any atom is 0.251 e. The molecule has 0 saturated carbocycles. The van der Waals surface area contributed by atoms with Crippen LogP contribution in [-0.4, -0.2) is 15.5 Å². The van der Waals surface area contributed by atoms with Gasteiger partial charge in [0, 0.05) is 12.6 Å². The molecule has 21 heavy (non-hydrogen) atoms. The van der Waals surface area contributed by atoms with E-state index in [0.717, 1.165) is 22.4 Å². The first-order chi connectivity index (χ1) is 10.1. The minimum absolute atomic E-state index is 0.0814. The second-order valence-electron chi connectivity index (χ2n) is 5.12. The number of aromatic nitrogens is 2. The molecule has 0 spiro atoms. The Morgan fingerprint density at radius 1 is 1.14 bits per heavy atom. The monoisotopic (exact) mass is 279 g/mol. The number of benzene rings is 2. The summed E-state index contributed by atoms with van der Waals surface area (Å²) in [6, 6.07) is 15.5. The average molecular weight is 279 g/mol. The van der Waals surface area contributed by atoms with Crippen LogP contribution in [0, 0.1) is 6.92 Å². The first-order valence-corrected chi connectivity index (χ1v) is 6.90. The number of nitrogens with zero attached hydrogens (tertiary/aromatic N) is 2. The summed E-state index contributed by atoms with van der Waals surface area (Å²) < 4.78 is 2.00. The molecular formula is C17H17N3O. The van der Waals surface area contributed by atoms with Crippen molar-refractivity contribution in [2.24, 2.45) is 7.05 Å². The molecule has 1 N–H and O–H groups in total. The molecule has 4 heteroatoms. The van der Waals surface area contributed by atoms with Crippen molar-refractivity contribution in [3.8, 4) is 0 Å². The first-order valence-electron chi connectivity index (χ1n) is 6.90. The number of para-hydroxylation sites is 2. The zero-order valence-electron chi connectivity index (χ0n) is 12.1. The minimum Gasteiger partial charge on any atom is -0.345 e. The zero-order valence-corrected chi connectivity index (χ0v) is 12.1. The standard InChI is InChI=1S/C17H17N3O/c1-12-7-9-13(10-8-12)17(21)18-11-16-19-14-5-3-4-6-15(14)20(16)2/h3-10H,11H2,1-2H3,(H,18,21). The molecule has 1 heterocycles. The molecule has 0 atom stereocenters. The Bertz CT molecular complexity index is 787. The van der Waals surface area contributed by atoms with Crippen LogP contribution in [0.2, 0.25) is 0 Å². The van der Waals surface area contributed by atoms with Gasteiger partial charge < -0.3 is 9.88 Å². The zero-order chi connectivity index (χ0) is 14.8. The number of hydrogen-bond acceptors (Lipinski definition) is 2. The molecule has 3 rings (SSSR count). The molecule has 0 radical (unpaired) electrons. The van der Waals surface area contributed by atoms with Gasteiger partial charge in [-0.25, -0.2) is 4.98 Å². The van der Waals surface area contributed by atoms with E-state index in [9.17, 15) is 4.79 Å². The van der Waals surface area contributed by atoms with Crippen molar-refractivity contribution in [1.82, 2.24) is 14.9 Å². The molecule has 3 aromatic rings. The van der Waals surface area contributed by atoms with Crippen LogP contribution in [0.25, 0.3) is 11.0 Å². The quantitative estimate of drug-likeness (QED) is 0.801. The second kappa shape index (κ2) is 5.40. The molecule has 4 nitrogen and oxygen atoms in total. The van der Waals surface area contributed by atoms with Gasteiger partial charge in [0.25, 0.3) is 5.91 Å². The van der Waals surface area contributed by atoms with Gasteiger partial charge in [-0.1, -0.05) is 29.8 Å². The van der Waals surface area contributed by atoms with Gasteiger partial charge in [0.15, 0.2) is 0 Å². The Hall–Kier alpha value is -2.62. The van der Waals surface area contributed by atoms with Crippen molar-refractivity contribution < 1.29 is 4.79 Å². The van der Waals surface area contributed by atoms with Gasteiger partial charge in [-0.3, -0.25) is 4.79 Å². The lowest BCUT2D eigenvalue weighted by atomic mass is 10.1. The molecular weight excluding hydrogens is 262 g/mol. The van der Waals surface area contributed by atoms with E-state index in [-0.39, 0.29) is 5.91 Å². The Morgan fingerprint density at radius 3 is 2.57 bits per heavy atom. The van der Waals surface area contributed by atoms with Crippen molar-refractivity contribution in [3.05, 3.63) is 65.5 Å². The summed E-state index contributed by atoms with van der Waals surface area (Å²) in [7, 11) is 1.96. The van der Waals surface area contributed by atoms with E-state index >= 15 is 0 Å². The van der Waals surface area contributed by atoms with Crippen molar-refractivity contribution in [2.45, 2.75) is 13.5 Å². The number of aryl methyl sites for hydroxylation is 2. The lowest BCUT2D eigenvalue weighted by molar-refractivity contribution is 0.0949. The fourth-order valence-corrected chi connectivity index (χ4v) is 2.32. The number of fused-ring (bicyclic) bond motifs is 1. The van der Waals surface area contributed by atoms with Crippen LogP contribution in [0.3, 0.4) is 0 Å². The van der Waals surface area contributed by atoms with Gasteiger partial charge in [-0.2, -0.15) is 0 Å². The maximum absolute atomic E-state index is 12.1. The van der Waals surface area contributed by atoms with Crippen molar-refractivity contribution in [1.29, 1.82) is 0 Å². The topological polar surface area (TPSA) is 46.9 Å². The molecule has 0 bridgehead atoms. The van der Waals surface area contributed by atoms with Crippen LogP contribution < -0.4 is 5.32 Å². The van der Waals surface area contributed by atoms with Gasteiger partial charge in [-0.15, -0.1) is 0 Å². The Labute approximate surface area is 123 Å². The summed E-state index contributed by atoms with van der Waals surface area (Å²) in [6.07, 6.45) is 0. The van der Waals surface area contributed by atoms with Crippen LogP contribution in [0.15, 0.2) is 48.5 Å². The third-order valence-corrected chi connectivity index (χ3v) is 3.60. The summed E-state index contributed by atoms with van der Waals surface area (Å²) in [5, 5.41) is 2.91. The largest absolute Gasteiger partial charge is 0.345 e. The van der Waals surface area contributed by atoms with Gasteiger partial charge in [-0.05, 0) is 31.2 Å². The second-order valence-corrected chi connectivity index (χ2v) is 5.12. The number of nitrogens with one attached hydrogen (secondary N) is 1. The third-order valence-electron chi connectivity index (χ3n) is 3.60. The fourth-order valence-electron chi connectivity index (χ4n) is 2.32. The molecule has 2 aromatic carbocycles. The van der Waals surface area contributed by atoms with Crippen LogP contribution in [0.4, 0.5) is 0 Å². The highest BCUT2D eigenvalue weighted by molar-refractivity contribution is 5.94. The predicted molar refractivity (Wildman–Crippen MR) is 83.1 cm³/mol. The lowest BCUT2D eigenvalue weighted by Gasteiger charge is -2.06. The highest BCUT2D eigenvalue weighted by Crippen LogP contribution is 2.14. The molecule has 0 unspecified atom stereocenters. The Kier molecular flexibility index (Phi) is 3.44. The Balaban J connectivity index is 1.75. The molecule has 0 aliphatic carbocycles. The van der Waals surface area contributed by atoms with Crippen LogP contribution >= 0.6 is 0 Å². The van der Waals surface area contributed by atoms with Crippen LogP contribution in [-0.2, 0) is 13.6 Å². The van der Waals surface area contributed by atoms with E-state index in [2.05, 4.69) is 10.3 Å². The van der Waals surface area contributed by atoms with E-state index in [1.807, 2.05) is 67.1 Å². The molecule has 0 aliphatic heterocycles. The molecule has 0 saturated heterocycles. The van der Waals surface area contributed by atoms with Crippen LogP contribution in [0.1, 0.15) is 21.7 Å². The van der Waals surface area contributed by atoms with E-state index in [1.165, 1.54) is 0 Å². The summed E-state index contributed by atoms with van der Waals surface area (Å²) in [4.78, 5) is 16.6. The normalized spacial score (nSPS) is 10.8. The number of amides is 1. The van der Waals surface area contributed by atoms with Gasteiger partial charge >= 0.3 is 0 Å². The molecule has 0 aliphatic rings. The summed E-state index contributed by atoms with van der Waals surface area (Å²) >= 11 is 0. The maximum atomic E-state index is 12.1. The van der Waals surface area contributed by atoms with Crippen molar-refractivity contribution in [3.63, 3.8) is 0 Å². The van der Waals surface area contributed by atoms with E-state index in [0.29, 0.717) is 12.1 Å². The molecule has 1 amide bonds.